The van der Waals surface area contributed by atoms with Crippen LogP contribution in [0.25, 0.3) is 11.0 Å². The van der Waals surface area contributed by atoms with Crippen molar-refractivity contribution >= 4 is 23.6 Å². The molecule has 16 heavy (non-hydrogen) atoms. The highest BCUT2D eigenvalue weighted by Gasteiger charge is 2.18. The molecule has 2 aromatic rings. The van der Waals surface area contributed by atoms with Gasteiger partial charge >= 0.3 is 7.12 Å². The number of aryl methyl sites for hydroxylation is 1. The summed E-state index contributed by atoms with van der Waals surface area (Å²) in [6, 6.07) is 2.65. The van der Waals surface area contributed by atoms with E-state index in [1.807, 2.05) is 11.5 Å². The van der Waals surface area contributed by atoms with Crippen LogP contribution in [-0.4, -0.2) is 26.7 Å². The second-order valence-electron chi connectivity index (χ2n) is 3.67. The zero-order valence-corrected chi connectivity index (χ0v) is 8.89. The Labute approximate surface area is 92.5 Å². The number of benzene rings is 1. The Morgan fingerprint density at radius 1 is 1.44 bits per heavy atom. The fourth-order valence-electron chi connectivity index (χ4n) is 1.71. The van der Waals surface area contributed by atoms with Crippen LogP contribution in [-0.2, 0) is 6.54 Å². The zero-order valence-electron chi connectivity index (χ0n) is 8.89. The molecule has 0 aliphatic carbocycles. The molecule has 0 aliphatic heterocycles. The van der Waals surface area contributed by atoms with Crippen LogP contribution >= 0.6 is 0 Å². The summed E-state index contributed by atoms with van der Waals surface area (Å²) in [4.78, 5) is 4.10. The van der Waals surface area contributed by atoms with E-state index in [9.17, 15) is 4.39 Å². The molecular weight excluding hydrogens is 210 g/mol. The van der Waals surface area contributed by atoms with E-state index in [-0.39, 0.29) is 5.46 Å². The number of nitrogens with zero attached hydrogens (tertiary/aromatic N) is 2. The maximum Gasteiger partial charge on any atom is 0.491 e. The summed E-state index contributed by atoms with van der Waals surface area (Å²) in [7, 11) is -1.80. The van der Waals surface area contributed by atoms with Crippen LogP contribution in [0.2, 0.25) is 0 Å². The van der Waals surface area contributed by atoms with Crippen molar-refractivity contribution in [3.8, 4) is 0 Å². The van der Waals surface area contributed by atoms with Gasteiger partial charge in [-0.25, -0.2) is 9.37 Å². The lowest BCUT2D eigenvalue weighted by Gasteiger charge is -2.04. The Morgan fingerprint density at radius 3 is 2.81 bits per heavy atom. The Hall–Kier alpha value is -1.40. The van der Waals surface area contributed by atoms with Crippen molar-refractivity contribution in [2.24, 2.45) is 0 Å². The van der Waals surface area contributed by atoms with Crippen molar-refractivity contribution in [3.63, 3.8) is 0 Å². The fourth-order valence-corrected chi connectivity index (χ4v) is 1.71. The molecule has 0 atom stereocenters. The van der Waals surface area contributed by atoms with Gasteiger partial charge in [0, 0.05) is 12.0 Å². The van der Waals surface area contributed by atoms with E-state index in [0.29, 0.717) is 11.0 Å². The minimum Gasteiger partial charge on any atom is -0.423 e. The highest BCUT2D eigenvalue weighted by Crippen LogP contribution is 2.13. The van der Waals surface area contributed by atoms with E-state index in [0.717, 1.165) is 13.0 Å². The normalized spacial score (nSPS) is 11.0. The van der Waals surface area contributed by atoms with Gasteiger partial charge in [0.25, 0.3) is 0 Å². The summed E-state index contributed by atoms with van der Waals surface area (Å²) < 4.78 is 15.3. The van der Waals surface area contributed by atoms with Crippen LogP contribution in [0.15, 0.2) is 18.5 Å². The molecule has 0 saturated carbocycles. The lowest BCUT2D eigenvalue weighted by atomic mass is 9.79. The van der Waals surface area contributed by atoms with Crippen LogP contribution in [0.1, 0.15) is 13.3 Å². The SMILES string of the molecule is CCCn1cnc2cc(B(O)O)c(F)cc21. The van der Waals surface area contributed by atoms with Gasteiger partial charge < -0.3 is 14.6 Å². The van der Waals surface area contributed by atoms with Crippen LogP contribution in [0.3, 0.4) is 0 Å². The van der Waals surface area contributed by atoms with E-state index in [2.05, 4.69) is 4.98 Å². The van der Waals surface area contributed by atoms with E-state index >= 15 is 0 Å². The summed E-state index contributed by atoms with van der Waals surface area (Å²) in [6.45, 7) is 2.78. The molecule has 0 amide bonds. The highest BCUT2D eigenvalue weighted by atomic mass is 19.1. The minimum absolute atomic E-state index is 0.144. The first kappa shape index (κ1) is 11.1. The standard InChI is InChI=1S/C10H12BFN2O2/c1-2-3-14-6-13-9-4-7(11(15)16)8(12)5-10(9)14/h4-6,15-16H,2-3H2,1H3. The lowest BCUT2D eigenvalue weighted by Crippen LogP contribution is -2.32. The molecule has 0 fully saturated rings. The molecule has 1 aromatic carbocycles. The predicted molar refractivity (Wildman–Crippen MR) is 59.8 cm³/mol. The third-order valence-corrected chi connectivity index (χ3v) is 2.48. The average Bonchev–Trinajstić information content (AvgIpc) is 2.60. The summed E-state index contributed by atoms with van der Waals surface area (Å²) in [5.74, 6) is -0.625. The number of imidazole rings is 1. The molecule has 0 bridgehead atoms. The quantitative estimate of drug-likeness (QED) is 0.732. The van der Waals surface area contributed by atoms with Crippen molar-refractivity contribution in [3.05, 3.63) is 24.3 Å². The average molecular weight is 222 g/mol. The summed E-state index contributed by atoms with van der Waals surface area (Å²) >= 11 is 0. The van der Waals surface area contributed by atoms with Gasteiger partial charge in [-0.3, -0.25) is 0 Å². The largest absolute Gasteiger partial charge is 0.491 e. The number of halogens is 1. The van der Waals surface area contributed by atoms with Gasteiger partial charge in [0.1, 0.15) is 5.82 Å². The van der Waals surface area contributed by atoms with Gasteiger partial charge in [0.05, 0.1) is 17.4 Å². The van der Waals surface area contributed by atoms with Crippen molar-refractivity contribution in [1.29, 1.82) is 0 Å². The molecule has 0 aliphatic rings. The molecule has 4 nitrogen and oxygen atoms in total. The van der Waals surface area contributed by atoms with Crippen molar-refractivity contribution in [2.45, 2.75) is 19.9 Å². The van der Waals surface area contributed by atoms with Crippen molar-refractivity contribution in [1.82, 2.24) is 9.55 Å². The molecule has 1 aromatic heterocycles. The number of fused-ring (bicyclic) bond motifs is 1. The lowest BCUT2D eigenvalue weighted by molar-refractivity contribution is 0.423. The maximum atomic E-state index is 13.5. The van der Waals surface area contributed by atoms with E-state index in [1.54, 1.807) is 6.33 Å². The Kier molecular flexibility index (Phi) is 2.94. The van der Waals surface area contributed by atoms with Crippen LogP contribution in [0, 0.1) is 5.82 Å². The first-order valence-electron chi connectivity index (χ1n) is 5.14. The topological polar surface area (TPSA) is 58.3 Å². The second-order valence-corrected chi connectivity index (χ2v) is 3.67. The number of hydrogen-bond acceptors (Lipinski definition) is 3. The first-order chi connectivity index (χ1) is 7.63. The predicted octanol–water partition coefficient (Wildman–Crippen LogP) is 0.265. The molecule has 2 N–H and O–H groups in total. The molecule has 0 unspecified atom stereocenters. The molecular formula is C10H12BFN2O2. The molecule has 0 spiro atoms. The minimum atomic E-state index is -1.80. The molecule has 0 radical (unpaired) electrons. The third kappa shape index (κ3) is 1.81. The third-order valence-electron chi connectivity index (χ3n) is 2.48. The molecule has 1 heterocycles. The highest BCUT2D eigenvalue weighted by molar-refractivity contribution is 6.59. The Morgan fingerprint density at radius 2 is 2.19 bits per heavy atom. The zero-order chi connectivity index (χ0) is 11.7. The first-order valence-corrected chi connectivity index (χ1v) is 5.14. The van der Waals surface area contributed by atoms with Gasteiger partial charge in [-0.05, 0) is 18.6 Å². The van der Waals surface area contributed by atoms with E-state index in [1.165, 1.54) is 12.1 Å². The van der Waals surface area contributed by atoms with Gasteiger partial charge in [-0.15, -0.1) is 0 Å². The van der Waals surface area contributed by atoms with Gasteiger partial charge in [-0.2, -0.15) is 0 Å². The summed E-state index contributed by atoms with van der Waals surface area (Å²) in [6.07, 6.45) is 2.55. The van der Waals surface area contributed by atoms with Gasteiger partial charge in [0.15, 0.2) is 0 Å². The van der Waals surface area contributed by atoms with Crippen molar-refractivity contribution in [2.75, 3.05) is 0 Å². The number of rotatable bonds is 3. The molecule has 0 saturated heterocycles. The van der Waals surface area contributed by atoms with Crippen molar-refractivity contribution < 1.29 is 14.4 Å². The smallest absolute Gasteiger partial charge is 0.423 e. The summed E-state index contributed by atoms with van der Waals surface area (Å²) in [5, 5.41) is 17.9. The number of aromatic nitrogens is 2. The molecule has 2 rings (SSSR count). The second kappa shape index (κ2) is 4.23. The van der Waals surface area contributed by atoms with Gasteiger partial charge in [-0.1, -0.05) is 6.92 Å². The Balaban J connectivity index is 2.57. The van der Waals surface area contributed by atoms with Crippen LogP contribution < -0.4 is 5.46 Å². The number of hydrogen-bond donors (Lipinski definition) is 2. The summed E-state index contributed by atoms with van der Waals surface area (Å²) in [5.41, 5.74) is 1.09. The van der Waals surface area contributed by atoms with Crippen LogP contribution in [0.5, 0.6) is 0 Å². The van der Waals surface area contributed by atoms with E-state index < -0.39 is 12.9 Å². The van der Waals surface area contributed by atoms with Gasteiger partial charge in [0.2, 0.25) is 0 Å². The fraction of sp³-hybridized carbons (Fsp3) is 0.300. The Bertz CT molecular complexity index is 513. The monoisotopic (exact) mass is 222 g/mol. The molecule has 6 heteroatoms. The van der Waals surface area contributed by atoms with E-state index in [4.69, 9.17) is 10.0 Å². The molecule has 84 valence electrons. The maximum absolute atomic E-state index is 13.5. The van der Waals surface area contributed by atoms with Crippen LogP contribution in [0.4, 0.5) is 4.39 Å².